The zero-order chi connectivity index (χ0) is 19.4. The molecule has 0 atom stereocenters. The molecule has 2 rings (SSSR count). The van der Waals surface area contributed by atoms with Crippen molar-refractivity contribution in [3.63, 3.8) is 0 Å². The first-order valence-corrected chi connectivity index (χ1v) is 11.2. The molecule has 1 saturated heterocycles. The molecule has 1 amide bonds. The lowest BCUT2D eigenvalue weighted by Crippen LogP contribution is -2.50. The highest BCUT2D eigenvalue weighted by Gasteiger charge is 2.26. The smallest absolute Gasteiger partial charge is 0.410 e. The van der Waals surface area contributed by atoms with E-state index in [2.05, 4.69) is 20.8 Å². The second-order valence-electron chi connectivity index (χ2n) is 7.44. The Hall–Kier alpha value is -1.12. The van der Waals surface area contributed by atoms with E-state index < -0.39 is 15.4 Å². The molecule has 0 radical (unpaired) electrons. The van der Waals surface area contributed by atoms with Crippen LogP contribution in [0.25, 0.3) is 0 Å². The fraction of sp³-hybridized carbons (Fsp3) is 0.611. The lowest BCUT2D eigenvalue weighted by Gasteiger charge is -2.35. The van der Waals surface area contributed by atoms with Crippen LogP contribution < -0.4 is 0 Å². The third-order valence-electron chi connectivity index (χ3n) is 4.08. The Kier molecular flexibility index (Phi) is 7.10. The van der Waals surface area contributed by atoms with E-state index in [4.69, 9.17) is 4.74 Å². The molecule has 146 valence electrons. The number of halogens is 1. The predicted molar refractivity (Wildman–Crippen MR) is 105 cm³/mol. The van der Waals surface area contributed by atoms with Crippen molar-refractivity contribution in [3.05, 3.63) is 28.7 Å². The molecule has 8 heteroatoms. The first-order valence-electron chi connectivity index (χ1n) is 8.75. The maximum Gasteiger partial charge on any atom is 0.410 e. The molecule has 0 aromatic heterocycles. The van der Waals surface area contributed by atoms with Gasteiger partial charge in [0.2, 0.25) is 0 Å². The van der Waals surface area contributed by atoms with E-state index in [0.717, 1.165) is 17.6 Å². The summed E-state index contributed by atoms with van der Waals surface area (Å²) in [6.07, 6.45) is 0.292. The highest BCUT2D eigenvalue weighted by Crippen LogP contribution is 2.17. The number of rotatable bonds is 5. The van der Waals surface area contributed by atoms with Gasteiger partial charge in [0.1, 0.15) is 5.60 Å². The van der Waals surface area contributed by atoms with Gasteiger partial charge in [-0.3, -0.25) is 4.90 Å². The third-order valence-corrected chi connectivity index (χ3v) is 6.43. The number of carbonyl (C=O) groups excluding carboxylic acids is 1. The first-order chi connectivity index (χ1) is 12.1. The third kappa shape index (κ3) is 6.55. The summed E-state index contributed by atoms with van der Waals surface area (Å²) < 4.78 is 31.0. The molecule has 1 heterocycles. The molecule has 6 nitrogen and oxygen atoms in total. The molecule has 1 aliphatic rings. The normalized spacial score (nSPS) is 16.5. The highest BCUT2D eigenvalue weighted by molar-refractivity contribution is 9.10. The van der Waals surface area contributed by atoms with Gasteiger partial charge in [-0.1, -0.05) is 15.9 Å². The topological polar surface area (TPSA) is 66.9 Å². The van der Waals surface area contributed by atoms with E-state index in [1.54, 1.807) is 29.2 Å². The Labute approximate surface area is 164 Å². The van der Waals surface area contributed by atoms with Gasteiger partial charge in [-0.2, -0.15) is 0 Å². The van der Waals surface area contributed by atoms with E-state index in [-0.39, 0.29) is 11.8 Å². The molecule has 1 aliphatic heterocycles. The molecular weight excluding hydrogens is 420 g/mol. The molecule has 1 aromatic carbocycles. The van der Waals surface area contributed by atoms with Crippen molar-refractivity contribution >= 4 is 31.9 Å². The largest absolute Gasteiger partial charge is 0.444 e. The lowest BCUT2D eigenvalue weighted by molar-refractivity contribution is 0.0146. The first kappa shape index (κ1) is 21.2. The second-order valence-corrected chi connectivity index (χ2v) is 10.5. The van der Waals surface area contributed by atoms with Crippen LogP contribution in [0.1, 0.15) is 27.2 Å². The molecule has 26 heavy (non-hydrogen) atoms. The van der Waals surface area contributed by atoms with E-state index in [0.29, 0.717) is 31.0 Å². The van der Waals surface area contributed by atoms with Gasteiger partial charge in [0.15, 0.2) is 9.84 Å². The van der Waals surface area contributed by atoms with Crippen LogP contribution in [0.4, 0.5) is 4.79 Å². The van der Waals surface area contributed by atoms with Crippen molar-refractivity contribution in [3.8, 4) is 0 Å². The maximum atomic E-state index is 12.4. The van der Waals surface area contributed by atoms with Crippen molar-refractivity contribution < 1.29 is 17.9 Å². The minimum absolute atomic E-state index is 0.126. The highest BCUT2D eigenvalue weighted by atomic mass is 79.9. The zero-order valence-corrected chi connectivity index (χ0v) is 18.0. The summed E-state index contributed by atoms with van der Waals surface area (Å²) in [4.78, 5) is 16.3. The Balaban J connectivity index is 1.75. The van der Waals surface area contributed by atoms with Crippen molar-refractivity contribution in [1.82, 2.24) is 9.80 Å². The summed E-state index contributed by atoms with van der Waals surface area (Å²) in [5.41, 5.74) is -0.490. The number of carbonyl (C=O) groups is 1. The van der Waals surface area contributed by atoms with Crippen LogP contribution >= 0.6 is 15.9 Å². The van der Waals surface area contributed by atoms with Crippen LogP contribution in [0.5, 0.6) is 0 Å². The lowest BCUT2D eigenvalue weighted by atomic mass is 10.2. The van der Waals surface area contributed by atoms with Gasteiger partial charge < -0.3 is 9.64 Å². The average Bonchev–Trinajstić information content (AvgIpc) is 2.54. The summed E-state index contributed by atoms with van der Waals surface area (Å²) in [6.45, 7) is 8.95. The van der Waals surface area contributed by atoms with Crippen LogP contribution in [0.15, 0.2) is 33.6 Å². The Morgan fingerprint density at radius 1 is 1.12 bits per heavy atom. The predicted octanol–water partition coefficient (Wildman–Crippen LogP) is 3.17. The second kappa shape index (κ2) is 8.71. The molecule has 0 spiro atoms. The SMILES string of the molecule is CC(C)(C)OC(=O)N1CCN(CCCS(=O)(=O)c2ccc(Br)cc2)CC1. The molecule has 1 aromatic rings. The summed E-state index contributed by atoms with van der Waals surface area (Å²) in [6, 6.07) is 6.73. The van der Waals surface area contributed by atoms with E-state index in [9.17, 15) is 13.2 Å². The molecule has 0 unspecified atom stereocenters. The molecule has 0 saturated carbocycles. The molecule has 1 fully saturated rings. The van der Waals surface area contributed by atoms with Crippen molar-refractivity contribution in [2.24, 2.45) is 0 Å². The van der Waals surface area contributed by atoms with Gasteiger partial charge in [0, 0.05) is 30.7 Å². The average molecular weight is 447 g/mol. The molecule has 0 N–H and O–H groups in total. The Morgan fingerprint density at radius 3 is 2.23 bits per heavy atom. The quantitative estimate of drug-likeness (QED) is 0.694. The Bertz CT molecular complexity index is 706. The Morgan fingerprint density at radius 2 is 1.69 bits per heavy atom. The van der Waals surface area contributed by atoms with Gasteiger partial charge in [-0.15, -0.1) is 0 Å². The summed E-state index contributed by atoms with van der Waals surface area (Å²) in [5, 5.41) is 0. The standard InChI is InChI=1S/C18H27BrN2O4S/c1-18(2,3)25-17(22)21-12-10-20(11-13-21)9-4-14-26(23,24)16-7-5-15(19)6-8-16/h5-8H,4,9-14H2,1-3H3. The van der Waals surface area contributed by atoms with Gasteiger partial charge in [-0.05, 0) is 58.0 Å². The van der Waals surface area contributed by atoms with E-state index in [1.165, 1.54) is 0 Å². The van der Waals surface area contributed by atoms with Crippen LogP contribution in [-0.2, 0) is 14.6 Å². The summed E-state index contributed by atoms with van der Waals surface area (Å²) in [7, 11) is -3.25. The minimum atomic E-state index is -3.25. The maximum absolute atomic E-state index is 12.4. The van der Waals surface area contributed by atoms with Crippen molar-refractivity contribution in [2.45, 2.75) is 37.7 Å². The monoisotopic (exact) mass is 446 g/mol. The molecule has 0 aliphatic carbocycles. The summed E-state index contributed by atoms with van der Waals surface area (Å²) >= 11 is 3.31. The van der Waals surface area contributed by atoms with E-state index >= 15 is 0 Å². The van der Waals surface area contributed by atoms with Gasteiger partial charge in [0.05, 0.1) is 10.6 Å². The van der Waals surface area contributed by atoms with Gasteiger partial charge in [0.25, 0.3) is 0 Å². The van der Waals surface area contributed by atoms with E-state index in [1.807, 2.05) is 20.8 Å². The number of nitrogens with zero attached hydrogens (tertiary/aromatic N) is 2. The van der Waals surface area contributed by atoms with Crippen molar-refractivity contribution in [1.29, 1.82) is 0 Å². The van der Waals surface area contributed by atoms with Gasteiger partial charge in [-0.25, -0.2) is 13.2 Å². The number of amides is 1. The number of sulfone groups is 1. The zero-order valence-electron chi connectivity index (χ0n) is 15.6. The van der Waals surface area contributed by atoms with Crippen LogP contribution in [-0.4, -0.2) is 68.4 Å². The van der Waals surface area contributed by atoms with Crippen LogP contribution in [0, 0.1) is 0 Å². The van der Waals surface area contributed by atoms with Crippen LogP contribution in [0.2, 0.25) is 0 Å². The number of piperazine rings is 1. The van der Waals surface area contributed by atoms with Gasteiger partial charge >= 0.3 is 6.09 Å². The van der Waals surface area contributed by atoms with Crippen LogP contribution in [0.3, 0.4) is 0 Å². The summed E-state index contributed by atoms with van der Waals surface area (Å²) in [5.74, 6) is 0.126. The number of hydrogen-bond acceptors (Lipinski definition) is 5. The molecule has 0 bridgehead atoms. The number of benzene rings is 1. The molecular formula is C18H27BrN2O4S. The minimum Gasteiger partial charge on any atom is -0.444 e. The fourth-order valence-electron chi connectivity index (χ4n) is 2.72. The fourth-order valence-corrected chi connectivity index (χ4v) is 4.28. The number of ether oxygens (including phenoxy) is 1. The number of hydrogen-bond donors (Lipinski definition) is 0. The van der Waals surface area contributed by atoms with Crippen molar-refractivity contribution in [2.75, 3.05) is 38.5 Å².